The highest BCUT2D eigenvalue weighted by molar-refractivity contribution is 9.10. The maximum absolute atomic E-state index is 15.0. The van der Waals surface area contributed by atoms with E-state index in [9.17, 15) is 26.5 Å². The molecule has 0 radical (unpaired) electrons. The minimum Gasteiger partial charge on any atom is -0.456 e. The Labute approximate surface area is 192 Å². The van der Waals surface area contributed by atoms with Crippen molar-refractivity contribution in [3.05, 3.63) is 50.7 Å². The molecule has 1 unspecified atom stereocenters. The van der Waals surface area contributed by atoms with Gasteiger partial charge in [-0.2, -0.15) is 8.78 Å². The van der Waals surface area contributed by atoms with E-state index in [-0.39, 0.29) is 26.4 Å². The Kier molecular flexibility index (Phi) is 6.45. The highest BCUT2D eigenvalue weighted by Crippen LogP contribution is 2.73. The summed E-state index contributed by atoms with van der Waals surface area (Å²) in [6, 6.07) is 4.26. The summed E-state index contributed by atoms with van der Waals surface area (Å²) >= 11 is 6.34. The van der Waals surface area contributed by atoms with Crippen LogP contribution < -0.4 is 9.46 Å². The molecule has 2 aromatic carbocycles. The standard InChI is InChI=1S/C18H18Br2F3NO4S2/c1-17(2,3)29(25)24-16-14-13(30(26,27)18(16,22)23)5-4-12(15(14)20)28-11-7-9(19)6-10(21)8-11/h4-8,16,24,26-27H,1-3H3/t16-,29?/m1/s1. The van der Waals surface area contributed by atoms with Crippen LogP contribution in [-0.4, -0.2) is 23.3 Å². The fourth-order valence-electron chi connectivity index (χ4n) is 2.76. The van der Waals surface area contributed by atoms with Crippen LogP contribution >= 0.6 is 42.4 Å². The second-order valence-corrected chi connectivity index (χ2v) is 13.3. The van der Waals surface area contributed by atoms with Gasteiger partial charge in [-0.05, 0) is 61.0 Å². The molecule has 3 N–H and O–H groups in total. The monoisotopic (exact) mass is 591 g/mol. The Bertz CT molecular complexity index is 1010. The molecule has 0 bridgehead atoms. The van der Waals surface area contributed by atoms with Gasteiger partial charge in [0.05, 0.1) is 25.1 Å². The lowest BCUT2D eigenvalue weighted by molar-refractivity contribution is 0.0517. The van der Waals surface area contributed by atoms with E-state index >= 15 is 0 Å². The van der Waals surface area contributed by atoms with Gasteiger partial charge in [-0.3, -0.25) is 9.11 Å². The van der Waals surface area contributed by atoms with E-state index in [4.69, 9.17) is 4.74 Å². The van der Waals surface area contributed by atoms with Gasteiger partial charge in [0.1, 0.15) is 23.4 Å². The minimum atomic E-state index is -4.53. The summed E-state index contributed by atoms with van der Waals surface area (Å²) in [6.07, 6.45) is 0. The van der Waals surface area contributed by atoms with Crippen molar-refractivity contribution in [2.45, 2.75) is 41.7 Å². The number of halogens is 5. The first kappa shape index (κ1) is 24.0. The molecule has 0 saturated heterocycles. The van der Waals surface area contributed by atoms with Crippen LogP contribution in [0.25, 0.3) is 0 Å². The zero-order chi connectivity index (χ0) is 22.6. The number of alkyl halides is 2. The molecule has 1 heterocycles. The Morgan fingerprint density at radius 3 is 2.40 bits per heavy atom. The third-order valence-corrected chi connectivity index (χ3v) is 9.06. The third-order valence-electron chi connectivity index (χ3n) is 4.26. The first-order valence-corrected chi connectivity index (χ1v) is 12.7. The SMILES string of the molecule is CC(C)(C)S(=O)N[C@@H]1c2c(ccc(Oc3cc(F)cc(Br)c3)c2Br)S(O)(O)C1(F)F. The van der Waals surface area contributed by atoms with Gasteiger partial charge in [0.2, 0.25) is 0 Å². The van der Waals surface area contributed by atoms with E-state index in [1.54, 1.807) is 20.8 Å². The summed E-state index contributed by atoms with van der Waals surface area (Å²) in [5.41, 5.74) is -0.175. The topological polar surface area (TPSA) is 78.8 Å². The van der Waals surface area contributed by atoms with Crippen LogP contribution in [0.15, 0.2) is 44.2 Å². The lowest BCUT2D eigenvalue weighted by Crippen LogP contribution is -2.42. The van der Waals surface area contributed by atoms with E-state index < -0.39 is 43.4 Å². The summed E-state index contributed by atoms with van der Waals surface area (Å²) in [7, 11) is -6.46. The average molecular weight is 593 g/mol. The average Bonchev–Trinajstić information content (AvgIpc) is 2.73. The van der Waals surface area contributed by atoms with Gasteiger partial charge >= 0.3 is 5.25 Å². The Morgan fingerprint density at radius 1 is 1.20 bits per heavy atom. The summed E-state index contributed by atoms with van der Waals surface area (Å²) in [6.45, 7) is 4.79. The molecule has 0 saturated carbocycles. The van der Waals surface area contributed by atoms with Crippen LogP contribution in [0.3, 0.4) is 0 Å². The molecule has 0 spiro atoms. The molecule has 0 aliphatic carbocycles. The molecule has 3 rings (SSSR count). The van der Waals surface area contributed by atoms with Crippen molar-refractivity contribution in [1.82, 2.24) is 4.72 Å². The van der Waals surface area contributed by atoms with Gasteiger partial charge in [-0.25, -0.2) is 13.3 Å². The largest absolute Gasteiger partial charge is 0.456 e. The molecule has 166 valence electrons. The number of fused-ring (bicyclic) bond motifs is 1. The normalized spacial score (nSPS) is 21.7. The molecule has 0 fully saturated rings. The molecule has 0 aromatic heterocycles. The lowest BCUT2D eigenvalue weighted by atomic mass is 10.1. The molecule has 5 nitrogen and oxygen atoms in total. The number of benzene rings is 2. The zero-order valence-electron chi connectivity index (χ0n) is 15.9. The Morgan fingerprint density at radius 2 is 1.83 bits per heavy atom. The quantitative estimate of drug-likeness (QED) is 0.359. The zero-order valence-corrected chi connectivity index (χ0v) is 20.7. The van der Waals surface area contributed by atoms with Crippen LogP contribution in [-0.2, 0) is 11.0 Å². The molecule has 2 aromatic rings. The van der Waals surface area contributed by atoms with Gasteiger partial charge < -0.3 is 4.74 Å². The highest BCUT2D eigenvalue weighted by Gasteiger charge is 2.62. The van der Waals surface area contributed by atoms with Crippen LogP contribution in [0, 0.1) is 5.82 Å². The number of rotatable bonds is 4. The molecule has 12 heteroatoms. The lowest BCUT2D eigenvalue weighted by Gasteiger charge is -2.36. The summed E-state index contributed by atoms with van der Waals surface area (Å²) in [4.78, 5) is -0.379. The van der Waals surface area contributed by atoms with Crippen molar-refractivity contribution < 1.29 is 31.2 Å². The third kappa shape index (κ3) is 4.19. The first-order chi connectivity index (χ1) is 13.7. The van der Waals surface area contributed by atoms with Gasteiger partial charge in [0.25, 0.3) is 0 Å². The molecule has 1 aliphatic heterocycles. The number of hydrogen-bond acceptors (Lipinski definition) is 4. The number of nitrogens with one attached hydrogen (secondary N) is 1. The molecule has 2 atom stereocenters. The van der Waals surface area contributed by atoms with E-state index in [1.807, 2.05) is 0 Å². The fraction of sp³-hybridized carbons (Fsp3) is 0.333. The van der Waals surface area contributed by atoms with Crippen molar-refractivity contribution in [3.8, 4) is 11.5 Å². The fourth-order valence-corrected chi connectivity index (χ4v) is 6.48. The number of ether oxygens (including phenoxy) is 1. The van der Waals surface area contributed by atoms with Gasteiger partial charge in [0.15, 0.2) is 0 Å². The Balaban J connectivity index is 2.10. The summed E-state index contributed by atoms with van der Waals surface area (Å²) < 4.78 is 84.2. The Hall–Kier alpha value is -0.630. The van der Waals surface area contributed by atoms with Crippen molar-refractivity contribution in [1.29, 1.82) is 0 Å². The van der Waals surface area contributed by atoms with Crippen LogP contribution in [0.1, 0.15) is 32.4 Å². The van der Waals surface area contributed by atoms with Gasteiger partial charge in [-0.15, -0.1) is 10.6 Å². The van der Waals surface area contributed by atoms with Crippen LogP contribution in [0.2, 0.25) is 0 Å². The molecule has 1 aliphatic rings. The second-order valence-electron chi connectivity index (χ2n) is 7.54. The molecule has 0 amide bonds. The summed E-state index contributed by atoms with van der Waals surface area (Å²) in [5.74, 6) is -0.424. The molecular weight excluding hydrogens is 575 g/mol. The smallest absolute Gasteiger partial charge is 0.361 e. The second kappa shape index (κ2) is 8.05. The predicted molar refractivity (Wildman–Crippen MR) is 118 cm³/mol. The van der Waals surface area contributed by atoms with Crippen molar-refractivity contribution in [2.75, 3.05) is 0 Å². The van der Waals surface area contributed by atoms with Gasteiger partial charge in [0, 0.05) is 16.1 Å². The van der Waals surface area contributed by atoms with E-state index in [0.29, 0.717) is 4.47 Å². The summed E-state index contributed by atoms with van der Waals surface area (Å²) in [5, 5.41) is -4.01. The van der Waals surface area contributed by atoms with Crippen LogP contribution in [0.5, 0.6) is 11.5 Å². The van der Waals surface area contributed by atoms with E-state index in [0.717, 1.165) is 12.1 Å². The maximum Gasteiger partial charge on any atom is 0.361 e. The minimum absolute atomic E-state index is 0.0148. The highest BCUT2D eigenvalue weighted by atomic mass is 79.9. The van der Waals surface area contributed by atoms with Crippen molar-refractivity contribution in [2.24, 2.45) is 0 Å². The van der Waals surface area contributed by atoms with E-state index in [1.165, 1.54) is 18.2 Å². The van der Waals surface area contributed by atoms with Crippen molar-refractivity contribution in [3.63, 3.8) is 0 Å². The van der Waals surface area contributed by atoms with Crippen LogP contribution in [0.4, 0.5) is 13.2 Å². The molecular formula is C18H18Br2F3NO4S2. The maximum atomic E-state index is 15.0. The first-order valence-electron chi connectivity index (χ1n) is 8.46. The number of hydrogen-bond donors (Lipinski definition) is 3. The molecule has 30 heavy (non-hydrogen) atoms. The van der Waals surface area contributed by atoms with Gasteiger partial charge in [-0.1, -0.05) is 15.9 Å². The van der Waals surface area contributed by atoms with Crippen molar-refractivity contribution >= 4 is 53.4 Å². The van der Waals surface area contributed by atoms with E-state index in [2.05, 4.69) is 36.6 Å². The predicted octanol–water partition coefficient (Wildman–Crippen LogP) is 6.95.